The molecule has 2 aromatic rings. The summed E-state index contributed by atoms with van der Waals surface area (Å²) in [5.74, 6) is -0.469. The van der Waals surface area contributed by atoms with E-state index in [-0.39, 0.29) is 5.76 Å². The van der Waals surface area contributed by atoms with Crippen LogP contribution in [0.15, 0.2) is 44.9 Å². The zero-order chi connectivity index (χ0) is 11.5. The number of nitrogens with zero attached hydrogens (tertiary/aromatic N) is 1. The van der Waals surface area contributed by atoms with E-state index >= 15 is 0 Å². The molecule has 0 aliphatic heterocycles. The number of aromatic nitrogens is 1. The fraction of sp³-hybridized carbons (Fsp3) is 0.0909. The average Bonchev–Trinajstić information content (AvgIpc) is 2.61. The van der Waals surface area contributed by atoms with Crippen LogP contribution >= 0.6 is 11.8 Å². The Bertz CT molecular complexity index is 508. The van der Waals surface area contributed by atoms with Gasteiger partial charge in [-0.15, -0.1) is 0 Å². The van der Waals surface area contributed by atoms with Crippen molar-refractivity contribution in [3.8, 4) is 0 Å². The van der Waals surface area contributed by atoms with Crippen LogP contribution in [0.25, 0.3) is 0 Å². The van der Waals surface area contributed by atoms with E-state index in [1.165, 1.54) is 11.8 Å². The summed E-state index contributed by atoms with van der Waals surface area (Å²) in [5.41, 5.74) is 5.66. The minimum atomic E-state index is -0.593. The molecule has 0 saturated carbocycles. The van der Waals surface area contributed by atoms with E-state index in [4.69, 9.17) is 10.2 Å². The summed E-state index contributed by atoms with van der Waals surface area (Å²) >= 11 is 1.35. The van der Waals surface area contributed by atoms with E-state index in [1.807, 2.05) is 30.3 Å². The van der Waals surface area contributed by atoms with Crippen LogP contribution in [-0.2, 0) is 0 Å². The molecule has 4 nitrogen and oxygen atoms in total. The summed E-state index contributed by atoms with van der Waals surface area (Å²) in [5, 5.41) is 0.428. The summed E-state index contributed by atoms with van der Waals surface area (Å²) in [6.45, 7) is 1.69. The van der Waals surface area contributed by atoms with Crippen molar-refractivity contribution in [2.75, 3.05) is 0 Å². The van der Waals surface area contributed by atoms with E-state index in [1.54, 1.807) is 6.92 Å². The van der Waals surface area contributed by atoms with Gasteiger partial charge in [-0.2, -0.15) is 0 Å². The van der Waals surface area contributed by atoms with Gasteiger partial charge in [-0.3, -0.25) is 4.79 Å². The smallest absolute Gasteiger partial charge is 0.286 e. The second-order valence-electron chi connectivity index (χ2n) is 3.17. The molecule has 0 fully saturated rings. The zero-order valence-electron chi connectivity index (χ0n) is 8.64. The van der Waals surface area contributed by atoms with Crippen molar-refractivity contribution in [2.45, 2.75) is 17.0 Å². The molecule has 82 valence electrons. The lowest BCUT2D eigenvalue weighted by molar-refractivity contribution is 0.0968. The molecule has 5 heteroatoms. The number of carbonyl (C=O) groups is 1. The van der Waals surface area contributed by atoms with Crippen molar-refractivity contribution in [3.63, 3.8) is 0 Å². The van der Waals surface area contributed by atoms with E-state index in [9.17, 15) is 4.79 Å². The highest BCUT2D eigenvalue weighted by Crippen LogP contribution is 2.27. The van der Waals surface area contributed by atoms with Crippen LogP contribution in [0.5, 0.6) is 0 Å². The topological polar surface area (TPSA) is 69.1 Å². The maximum Gasteiger partial charge on any atom is 0.286 e. The molecular weight excluding hydrogens is 224 g/mol. The number of primary amides is 1. The molecule has 0 saturated heterocycles. The second kappa shape index (κ2) is 4.40. The highest BCUT2D eigenvalue weighted by Gasteiger charge is 2.14. The number of amides is 1. The average molecular weight is 234 g/mol. The summed E-state index contributed by atoms with van der Waals surface area (Å²) in [6.07, 6.45) is 0. The number of hydrogen-bond donors (Lipinski definition) is 1. The number of benzene rings is 1. The van der Waals surface area contributed by atoms with Gasteiger partial charge in [-0.1, -0.05) is 18.2 Å². The Hall–Kier alpha value is -1.75. The van der Waals surface area contributed by atoms with E-state index in [0.717, 1.165) is 4.90 Å². The van der Waals surface area contributed by atoms with Crippen LogP contribution in [0.2, 0.25) is 0 Å². The highest BCUT2D eigenvalue weighted by molar-refractivity contribution is 7.99. The molecule has 2 N–H and O–H groups in total. The predicted octanol–water partition coefficient (Wildman–Crippen LogP) is 2.23. The fourth-order valence-electron chi connectivity index (χ4n) is 1.23. The lowest BCUT2D eigenvalue weighted by atomic mass is 10.4. The Kier molecular flexibility index (Phi) is 2.96. The molecule has 0 atom stereocenters. The molecule has 0 spiro atoms. The van der Waals surface area contributed by atoms with Gasteiger partial charge >= 0.3 is 0 Å². The van der Waals surface area contributed by atoms with Crippen LogP contribution in [0.3, 0.4) is 0 Å². The number of nitrogens with two attached hydrogens (primary N) is 1. The van der Waals surface area contributed by atoms with E-state index < -0.39 is 5.91 Å². The van der Waals surface area contributed by atoms with Crippen LogP contribution in [0, 0.1) is 6.92 Å². The Labute approximate surface area is 96.9 Å². The third-order valence-electron chi connectivity index (χ3n) is 1.95. The monoisotopic (exact) mass is 234 g/mol. The molecule has 0 aliphatic carbocycles. The van der Waals surface area contributed by atoms with Crippen molar-refractivity contribution >= 4 is 17.7 Å². The third kappa shape index (κ3) is 2.25. The molecule has 0 radical (unpaired) electrons. The van der Waals surface area contributed by atoms with Gasteiger partial charge in [0.15, 0.2) is 0 Å². The van der Waals surface area contributed by atoms with Gasteiger partial charge in [-0.25, -0.2) is 4.98 Å². The first-order valence-corrected chi connectivity index (χ1v) is 5.48. The van der Waals surface area contributed by atoms with Gasteiger partial charge in [0, 0.05) is 4.90 Å². The zero-order valence-corrected chi connectivity index (χ0v) is 9.45. The van der Waals surface area contributed by atoms with Gasteiger partial charge in [-0.05, 0) is 30.8 Å². The fourth-order valence-corrected chi connectivity index (χ4v) is 2.04. The number of aryl methyl sites for hydroxylation is 1. The molecule has 2 rings (SSSR count). The van der Waals surface area contributed by atoms with E-state index in [0.29, 0.717) is 10.9 Å². The Morgan fingerprint density at radius 2 is 2.06 bits per heavy atom. The van der Waals surface area contributed by atoms with E-state index in [2.05, 4.69) is 4.98 Å². The first kappa shape index (κ1) is 10.8. The summed E-state index contributed by atoms with van der Waals surface area (Å²) in [7, 11) is 0. The number of hydrogen-bond acceptors (Lipinski definition) is 4. The van der Waals surface area contributed by atoms with Crippen LogP contribution < -0.4 is 5.73 Å². The van der Waals surface area contributed by atoms with Crippen LogP contribution in [0.1, 0.15) is 16.2 Å². The predicted molar refractivity (Wildman–Crippen MR) is 60.3 cm³/mol. The SMILES string of the molecule is Cc1nc(Sc2ccccc2)oc1C(N)=O. The minimum absolute atomic E-state index is 0.124. The van der Waals surface area contributed by atoms with Gasteiger partial charge in [0.05, 0.1) is 5.69 Å². The van der Waals surface area contributed by atoms with Gasteiger partial charge < -0.3 is 10.2 Å². The summed E-state index contributed by atoms with van der Waals surface area (Å²) in [6, 6.07) is 9.66. The first-order valence-electron chi connectivity index (χ1n) is 4.67. The molecule has 16 heavy (non-hydrogen) atoms. The molecular formula is C11H10N2O2S. The summed E-state index contributed by atoms with van der Waals surface area (Å²) in [4.78, 5) is 16.1. The lowest BCUT2D eigenvalue weighted by Gasteiger charge is -1.94. The normalized spacial score (nSPS) is 10.3. The highest BCUT2D eigenvalue weighted by atomic mass is 32.2. The first-order chi connectivity index (χ1) is 7.66. The molecule has 0 aliphatic rings. The second-order valence-corrected chi connectivity index (χ2v) is 4.20. The number of oxazole rings is 1. The molecule has 1 aromatic carbocycles. The van der Waals surface area contributed by atoms with Crippen LogP contribution in [0.4, 0.5) is 0 Å². The Balaban J connectivity index is 2.23. The molecule has 1 aromatic heterocycles. The Morgan fingerprint density at radius 1 is 1.38 bits per heavy atom. The molecule has 0 unspecified atom stereocenters. The number of rotatable bonds is 3. The molecule has 1 amide bonds. The maximum atomic E-state index is 11.0. The summed E-state index contributed by atoms with van der Waals surface area (Å²) < 4.78 is 5.26. The molecule has 1 heterocycles. The van der Waals surface area contributed by atoms with Crippen molar-refractivity contribution in [3.05, 3.63) is 41.8 Å². The van der Waals surface area contributed by atoms with Gasteiger partial charge in [0.2, 0.25) is 5.76 Å². The van der Waals surface area contributed by atoms with Gasteiger partial charge in [0.1, 0.15) is 0 Å². The lowest BCUT2D eigenvalue weighted by Crippen LogP contribution is -2.10. The van der Waals surface area contributed by atoms with Crippen molar-refractivity contribution in [2.24, 2.45) is 5.73 Å². The van der Waals surface area contributed by atoms with Crippen molar-refractivity contribution < 1.29 is 9.21 Å². The largest absolute Gasteiger partial charge is 0.426 e. The third-order valence-corrected chi connectivity index (χ3v) is 2.81. The van der Waals surface area contributed by atoms with Gasteiger partial charge in [0.25, 0.3) is 11.1 Å². The Morgan fingerprint density at radius 3 is 2.62 bits per heavy atom. The standard InChI is InChI=1S/C11H10N2O2S/c1-7-9(10(12)14)15-11(13-7)16-8-5-3-2-4-6-8/h2-6H,1H3,(H2,12,14). The maximum absolute atomic E-state index is 11.0. The minimum Gasteiger partial charge on any atom is -0.426 e. The number of carbonyl (C=O) groups excluding carboxylic acids is 1. The quantitative estimate of drug-likeness (QED) is 0.884. The molecule has 0 bridgehead atoms. The van der Waals surface area contributed by atoms with Crippen LogP contribution in [-0.4, -0.2) is 10.9 Å². The van der Waals surface area contributed by atoms with Crippen molar-refractivity contribution in [1.29, 1.82) is 0 Å². The van der Waals surface area contributed by atoms with Crippen molar-refractivity contribution in [1.82, 2.24) is 4.98 Å².